The zero-order valence-electron chi connectivity index (χ0n) is 19.9. The van der Waals surface area contributed by atoms with Crippen LogP contribution in [0.1, 0.15) is 78.6 Å². The molecule has 2 saturated heterocycles. The lowest BCUT2D eigenvalue weighted by molar-refractivity contribution is -0.176. The summed E-state index contributed by atoms with van der Waals surface area (Å²) in [5.74, 6) is 4.89. The van der Waals surface area contributed by atoms with Crippen molar-refractivity contribution in [1.29, 1.82) is 0 Å². The lowest BCUT2D eigenvalue weighted by Gasteiger charge is -2.60. The van der Waals surface area contributed by atoms with Gasteiger partial charge < -0.3 is 15.3 Å². The molecule has 4 saturated carbocycles. The van der Waals surface area contributed by atoms with Crippen molar-refractivity contribution in [2.45, 2.75) is 102 Å². The zero-order chi connectivity index (χ0) is 21.7. The maximum atomic E-state index is 11.8. The summed E-state index contributed by atoms with van der Waals surface area (Å²) in [4.78, 5) is 2.68. The van der Waals surface area contributed by atoms with E-state index in [1.165, 1.54) is 32.2 Å². The Morgan fingerprint density at radius 1 is 0.742 bits per heavy atom. The Hall–Kier alpha value is -0.160. The van der Waals surface area contributed by atoms with E-state index in [9.17, 15) is 15.3 Å². The highest BCUT2D eigenvalue weighted by molar-refractivity contribution is 5.14. The summed E-state index contributed by atoms with van der Waals surface area (Å²) in [7, 11) is 0. The average molecular weight is 432 g/mol. The van der Waals surface area contributed by atoms with Gasteiger partial charge in [0.1, 0.15) is 0 Å². The van der Waals surface area contributed by atoms with Crippen LogP contribution in [-0.4, -0.2) is 57.2 Å². The van der Waals surface area contributed by atoms with Crippen molar-refractivity contribution < 1.29 is 15.3 Å². The lowest BCUT2D eigenvalue weighted by Crippen LogP contribution is -2.67. The quantitative estimate of drug-likeness (QED) is 0.547. The molecule has 6 fully saturated rings. The van der Waals surface area contributed by atoms with Crippen LogP contribution in [0.25, 0.3) is 0 Å². The fourth-order valence-electron chi connectivity index (χ4n) is 10.6. The van der Waals surface area contributed by atoms with Crippen LogP contribution < -0.4 is 0 Å². The van der Waals surface area contributed by atoms with Crippen LogP contribution in [0.2, 0.25) is 0 Å². The standard InChI is InChI=1S/C27H45NO3/c1-15-4-7-25-27(3,31)21-6-5-17-18(20(21)14-28(25)13-15)11-22-19(17)12-24(30)23-10-16(29)8-9-26(22,23)2/h15-25,29-31H,4-14H2,1-3H3/t15-,16-,17-,18-,19-,20-,21+,22+,23+,24-,25+,26+,27-/m0/s1. The van der Waals surface area contributed by atoms with Crippen LogP contribution in [0.3, 0.4) is 0 Å². The SMILES string of the molecule is C[C@H]1CC[C@H]2N(C1)C[C@H]1[C@H]3C[C@@H]4[C@@H](C[C@H](O)[C@H]5C[C@@H](O)CC[C@]45C)[C@H]3CC[C@H]1[C@]2(C)O. The molecule has 0 radical (unpaired) electrons. The highest BCUT2D eigenvalue weighted by atomic mass is 16.3. The normalized spacial score (nSPS) is 61.5. The van der Waals surface area contributed by atoms with Gasteiger partial charge in [-0.25, -0.2) is 0 Å². The predicted octanol–water partition coefficient (Wildman–Crippen LogP) is 3.68. The molecule has 2 aliphatic heterocycles. The molecule has 0 bridgehead atoms. The minimum absolute atomic E-state index is 0.188. The van der Waals surface area contributed by atoms with E-state index in [2.05, 4.69) is 25.7 Å². The average Bonchev–Trinajstić information content (AvgIpc) is 3.09. The van der Waals surface area contributed by atoms with Gasteiger partial charge in [-0.2, -0.15) is 0 Å². The Morgan fingerprint density at radius 2 is 1.55 bits per heavy atom. The van der Waals surface area contributed by atoms with Gasteiger partial charge in [0.05, 0.1) is 17.8 Å². The number of hydrogen-bond acceptors (Lipinski definition) is 4. The van der Waals surface area contributed by atoms with E-state index < -0.39 is 5.60 Å². The summed E-state index contributed by atoms with van der Waals surface area (Å²) >= 11 is 0. The van der Waals surface area contributed by atoms with Crippen LogP contribution in [0, 0.1) is 52.8 Å². The molecule has 4 heteroatoms. The molecule has 6 rings (SSSR count). The van der Waals surface area contributed by atoms with E-state index in [4.69, 9.17) is 0 Å². The van der Waals surface area contributed by atoms with Gasteiger partial charge >= 0.3 is 0 Å². The molecule has 0 amide bonds. The third-order valence-electron chi connectivity index (χ3n) is 12.0. The van der Waals surface area contributed by atoms with Gasteiger partial charge in [0.2, 0.25) is 0 Å². The minimum atomic E-state index is -0.553. The molecule has 31 heavy (non-hydrogen) atoms. The molecule has 2 heterocycles. The third kappa shape index (κ3) is 3.00. The van der Waals surface area contributed by atoms with Gasteiger partial charge in [-0.05, 0) is 117 Å². The fourth-order valence-corrected chi connectivity index (χ4v) is 10.6. The van der Waals surface area contributed by atoms with Gasteiger partial charge in [0.15, 0.2) is 0 Å². The van der Waals surface area contributed by atoms with E-state index >= 15 is 0 Å². The first kappa shape index (κ1) is 21.4. The van der Waals surface area contributed by atoms with E-state index in [-0.39, 0.29) is 23.5 Å². The van der Waals surface area contributed by atoms with Crippen molar-refractivity contribution in [1.82, 2.24) is 4.90 Å². The van der Waals surface area contributed by atoms with Gasteiger partial charge in [-0.1, -0.05) is 13.8 Å². The first-order valence-corrected chi connectivity index (χ1v) is 13.5. The van der Waals surface area contributed by atoms with Crippen LogP contribution in [0.4, 0.5) is 0 Å². The number of aliphatic hydroxyl groups excluding tert-OH is 2. The van der Waals surface area contributed by atoms with E-state index in [0.717, 1.165) is 50.5 Å². The highest BCUT2D eigenvalue weighted by Crippen LogP contribution is 2.67. The highest BCUT2D eigenvalue weighted by Gasteiger charge is 2.64. The molecule has 4 nitrogen and oxygen atoms in total. The number of nitrogens with zero attached hydrogens (tertiary/aromatic N) is 1. The third-order valence-corrected chi connectivity index (χ3v) is 12.0. The predicted molar refractivity (Wildman–Crippen MR) is 121 cm³/mol. The van der Waals surface area contributed by atoms with Crippen molar-refractivity contribution >= 4 is 0 Å². The molecule has 3 N–H and O–H groups in total. The fraction of sp³-hybridized carbons (Fsp3) is 1.00. The Morgan fingerprint density at radius 3 is 2.35 bits per heavy atom. The number of piperidine rings is 2. The van der Waals surface area contributed by atoms with Crippen LogP contribution in [0.15, 0.2) is 0 Å². The second-order valence-corrected chi connectivity index (χ2v) is 13.4. The van der Waals surface area contributed by atoms with E-state index in [1.54, 1.807) is 0 Å². The smallest absolute Gasteiger partial charge is 0.0805 e. The molecule has 0 spiro atoms. The molecule has 0 aromatic rings. The first-order chi connectivity index (χ1) is 14.7. The van der Waals surface area contributed by atoms with Crippen molar-refractivity contribution in [3.8, 4) is 0 Å². The van der Waals surface area contributed by atoms with Crippen LogP contribution in [0.5, 0.6) is 0 Å². The van der Waals surface area contributed by atoms with Crippen molar-refractivity contribution in [3.63, 3.8) is 0 Å². The van der Waals surface area contributed by atoms with Gasteiger partial charge in [0, 0.05) is 19.1 Å². The summed E-state index contributed by atoms with van der Waals surface area (Å²) in [6.45, 7) is 9.36. The topological polar surface area (TPSA) is 63.9 Å². The monoisotopic (exact) mass is 431 g/mol. The lowest BCUT2D eigenvalue weighted by atomic mass is 9.51. The molecule has 0 aromatic heterocycles. The molecule has 4 aliphatic carbocycles. The van der Waals surface area contributed by atoms with E-state index in [0.29, 0.717) is 35.6 Å². The number of hydrogen-bond donors (Lipinski definition) is 3. The zero-order valence-corrected chi connectivity index (χ0v) is 19.9. The summed E-state index contributed by atoms with van der Waals surface area (Å²) in [5.41, 5.74) is -0.365. The van der Waals surface area contributed by atoms with Crippen LogP contribution >= 0.6 is 0 Å². The summed E-state index contributed by atoms with van der Waals surface area (Å²) in [6, 6.07) is 0.355. The van der Waals surface area contributed by atoms with Gasteiger partial charge in [-0.3, -0.25) is 4.90 Å². The Balaban J connectivity index is 1.30. The Labute approximate surface area is 188 Å². The molecule has 176 valence electrons. The van der Waals surface area contributed by atoms with Crippen LogP contribution in [-0.2, 0) is 0 Å². The molecular weight excluding hydrogens is 386 g/mol. The van der Waals surface area contributed by atoms with Crippen molar-refractivity contribution in [2.75, 3.05) is 13.1 Å². The number of aliphatic hydroxyl groups is 3. The molecular formula is C27H45NO3. The summed E-state index contributed by atoms with van der Waals surface area (Å²) in [5, 5.41) is 33.3. The second-order valence-electron chi connectivity index (χ2n) is 13.4. The van der Waals surface area contributed by atoms with Gasteiger partial charge in [0.25, 0.3) is 0 Å². The Kier molecular flexibility index (Phi) is 4.94. The molecule has 6 aliphatic rings. The van der Waals surface area contributed by atoms with E-state index in [1.807, 2.05) is 0 Å². The molecule has 13 atom stereocenters. The maximum absolute atomic E-state index is 11.8. The molecule has 0 aromatic carbocycles. The van der Waals surface area contributed by atoms with Crippen molar-refractivity contribution in [3.05, 3.63) is 0 Å². The summed E-state index contributed by atoms with van der Waals surface area (Å²) in [6.07, 6.45) is 9.43. The second kappa shape index (κ2) is 7.17. The van der Waals surface area contributed by atoms with Gasteiger partial charge in [-0.15, -0.1) is 0 Å². The number of rotatable bonds is 0. The number of fused-ring (bicyclic) bond motifs is 8. The first-order valence-electron chi connectivity index (χ1n) is 13.5. The largest absolute Gasteiger partial charge is 0.393 e. The molecule has 0 unspecified atom stereocenters. The summed E-state index contributed by atoms with van der Waals surface area (Å²) < 4.78 is 0. The Bertz CT molecular complexity index is 711. The minimum Gasteiger partial charge on any atom is -0.393 e. The maximum Gasteiger partial charge on any atom is 0.0805 e. The van der Waals surface area contributed by atoms with Crippen molar-refractivity contribution in [2.24, 2.45) is 52.8 Å².